The van der Waals surface area contributed by atoms with E-state index >= 15 is 0 Å². The van der Waals surface area contributed by atoms with E-state index in [0.29, 0.717) is 5.56 Å². The maximum absolute atomic E-state index is 8.63. The van der Waals surface area contributed by atoms with Gasteiger partial charge in [0, 0.05) is 12.4 Å². The van der Waals surface area contributed by atoms with Crippen molar-refractivity contribution in [2.24, 2.45) is 0 Å². The summed E-state index contributed by atoms with van der Waals surface area (Å²) in [6, 6.07) is 3.94. The number of allylic oxidation sites excluding steroid dienone is 2. The van der Waals surface area contributed by atoms with E-state index in [1.807, 2.05) is 6.07 Å². The first-order valence-corrected chi connectivity index (χ1v) is 4.20. The summed E-state index contributed by atoms with van der Waals surface area (Å²) >= 11 is 0. The SMILES string of the molecule is CC(C)=CCc1cncc(C#N)c1. The average molecular weight is 172 g/mol. The summed E-state index contributed by atoms with van der Waals surface area (Å²) in [7, 11) is 0. The van der Waals surface area contributed by atoms with Crippen LogP contribution in [-0.2, 0) is 6.42 Å². The fourth-order valence-corrected chi connectivity index (χ4v) is 0.982. The minimum absolute atomic E-state index is 0.625. The summed E-state index contributed by atoms with van der Waals surface area (Å²) in [5.74, 6) is 0. The second kappa shape index (κ2) is 4.42. The Hall–Kier alpha value is -1.62. The topological polar surface area (TPSA) is 36.7 Å². The Morgan fingerprint density at radius 1 is 1.54 bits per heavy atom. The Kier molecular flexibility index (Phi) is 3.22. The van der Waals surface area contributed by atoms with Gasteiger partial charge in [0.25, 0.3) is 0 Å². The Balaban J connectivity index is 2.79. The Morgan fingerprint density at radius 2 is 2.31 bits per heavy atom. The van der Waals surface area contributed by atoms with Crippen molar-refractivity contribution < 1.29 is 0 Å². The van der Waals surface area contributed by atoms with Crippen LogP contribution in [0.2, 0.25) is 0 Å². The van der Waals surface area contributed by atoms with Crippen molar-refractivity contribution in [1.29, 1.82) is 5.26 Å². The van der Waals surface area contributed by atoms with E-state index in [9.17, 15) is 0 Å². The Bertz CT molecular complexity index is 355. The molecule has 0 aromatic carbocycles. The third-order valence-corrected chi connectivity index (χ3v) is 1.67. The van der Waals surface area contributed by atoms with E-state index in [4.69, 9.17) is 5.26 Å². The maximum Gasteiger partial charge on any atom is 0.101 e. The predicted molar refractivity (Wildman–Crippen MR) is 52.1 cm³/mol. The number of hydrogen-bond donors (Lipinski definition) is 0. The van der Waals surface area contributed by atoms with Crippen molar-refractivity contribution in [3.8, 4) is 6.07 Å². The molecule has 0 radical (unpaired) electrons. The molecule has 0 spiro atoms. The summed E-state index contributed by atoms with van der Waals surface area (Å²) in [5.41, 5.74) is 2.99. The van der Waals surface area contributed by atoms with E-state index < -0.39 is 0 Å². The highest BCUT2D eigenvalue weighted by Gasteiger charge is 1.93. The van der Waals surface area contributed by atoms with E-state index in [0.717, 1.165) is 12.0 Å². The molecule has 0 saturated carbocycles. The summed E-state index contributed by atoms with van der Waals surface area (Å²) < 4.78 is 0. The molecule has 2 nitrogen and oxygen atoms in total. The van der Waals surface area contributed by atoms with Gasteiger partial charge in [-0.05, 0) is 31.9 Å². The monoisotopic (exact) mass is 172 g/mol. The van der Waals surface area contributed by atoms with Gasteiger partial charge in [-0.2, -0.15) is 5.26 Å². The van der Waals surface area contributed by atoms with Crippen molar-refractivity contribution in [2.75, 3.05) is 0 Å². The molecule has 0 aliphatic heterocycles. The highest BCUT2D eigenvalue weighted by molar-refractivity contribution is 5.30. The van der Waals surface area contributed by atoms with E-state index in [1.165, 1.54) is 5.57 Å². The van der Waals surface area contributed by atoms with Crippen LogP contribution in [0, 0.1) is 11.3 Å². The molecular weight excluding hydrogens is 160 g/mol. The maximum atomic E-state index is 8.63. The van der Waals surface area contributed by atoms with Crippen LogP contribution in [0.5, 0.6) is 0 Å². The van der Waals surface area contributed by atoms with Gasteiger partial charge in [-0.25, -0.2) is 0 Å². The van der Waals surface area contributed by atoms with Crippen LogP contribution in [0.25, 0.3) is 0 Å². The zero-order valence-electron chi connectivity index (χ0n) is 7.91. The third-order valence-electron chi connectivity index (χ3n) is 1.67. The second-order valence-corrected chi connectivity index (χ2v) is 3.18. The van der Waals surface area contributed by atoms with Gasteiger partial charge in [-0.1, -0.05) is 11.6 Å². The van der Waals surface area contributed by atoms with Crippen LogP contribution in [0.3, 0.4) is 0 Å². The summed E-state index contributed by atoms with van der Waals surface area (Å²) in [5, 5.41) is 8.63. The van der Waals surface area contributed by atoms with Gasteiger partial charge in [-0.15, -0.1) is 0 Å². The first-order valence-electron chi connectivity index (χ1n) is 4.20. The van der Waals surface area contributed by atoms with Crippen LogP contribution in [-0.4, -0.2) is 4.98 Å². The Morgan fingerprint density at radius 3 is 2.92 bits per heavy atom. The fraction of sp³-hybridized carbons (Fsp3) is 0.273. The molecule has 0 saturated heterocycles. The molecule has 1 aromatic rings. The van der Waals surface area contributed by atoms with E-state index in [-0.39, 0.29) is 0 Å². The molecule has 1 rings (SSSR count). The summed E-state index contributed by atoms with van der Waals surface area (Å²) in [6.45, 7) is 4.11. The molecule has 0 aliphatic rings. The van der Waals surface area contributed by atoms with E-state index in [1.54, 1.807) is 12.4 Å². The lowest BCUT2D eigenvalue weighted by atomic mass is 10.1. The lowest BCUT2D eigenvalue weighted by Crippen LogP contribution is -1.86. The highest BCUT2D eigenvalue weighted by atomic mass is 14.6. The lowest BCUT2D eigenvalue weighted by Gasteiger charge is -1.96. The number of aromatic nitrogens is 1. The lowest BCUT2D eigenvalue weighted by molar-refractivity contribution is 1.16. The highest BCUT2D eigenvalue weighted by Crippen LogP contribution is 2.04. The molecule has 13 heavy (non-hydrogen) atoms. The molecule has 2 heteroatoms. The number of pyridine rings is 1. The number of hydrogen-bond acceptors (Lipinski definition) is 2. The predicted octanol–water partition coefficient (Wildman–Crippen LogP) is 2.46. The average Bonchev–Trinajstić information content (AvgIpc) is 2.15. The van der Waals surface area contributed by atoms with Gasteiger partial charge in [0.1, 0.15) is 6.07 Å². The smallest absolute Gasteiger partial charge is 0.101 e. The number of rotatable bonds is 2. The van der Waals surface area contributed by atoms with Gasteiger partial charge in [0.05, 0.1) is 5.56 Å². The summed E-state index contributed by atoms with van der Waals surface area (Å²) in [6.07, 6.45) is 6.34. The van der Waals surface area contributed by atoms with Crippen LogP contribution < -0.4 is 0 Å². The Labute approximate surface area is 78.5 Å². The fourth-order valence-electron chi connectivity index (χ4n) is 0.982. The van der Waals surface area contributed by atoms with Crippen molar-refractivity contribution in [1.82, 2.24) is 4.98 Å². The van der Waals surface area contributed by atoms with Gasteiger partial charge in [0.15, 0.2) is 0 Å². The number of nitrogens with zero attached hydrogens (tertiary/aromatic N) is 2. The molecule has 0 N–H and O–H groups in total. The van der Waals surface area contributed by atoms with Gasteiger partial charge in [0.2, 0.25) is 0 Å². The van der Waals surface area contributed by atoms with Crippen LogP contribution in [0.1, 0.15) is 25.0 Å². The first-order chi connectivity index (χ1) is 6.22. The minimum atomic E-state index is 0.625. The van der Waals surface area contributed by atoms with Crippen molar-refractivity contribution in [3.63, 3.8) is 0 Å². The molecule has 0 aliphatic carbocycles. The van der Waals surface area contributed by atoms with Crippen molar-refractivity contribution in [2.45, 2.75) is 20.3 Å². The van der Waals surface area contributed by atoms with Crippen LogP contribution in [0.4, 0.5) is 0 Å². The minimum Gasteiger partial charge on any atom is -0.263 e. The molecule has 0 amide bonds. The second-order valence-electron chi connectivity index (χ2n) is 3.18. The molecule has 0 unspecified atom stereocenters. The molecule has 0 atom stereocenters. The van der Waals surface area contributed by atoms with E-state index in [2.05, 4.69) is 31.0 Å². The summed E-state index contributed by atoms with van der Waals surface area (Å²) in [4.78, 5) is 3.98. The quantitative estimate of drug-likeness (QED) is 0.642. The zero-order valence-corrected chi connectivity index (χ0v) is 7.91. The van der Waals surface area contributed by atoms with Gasteiger partial charge < -0.3 is 0 Å². The molecular formula is C11H12N2. The molecule has 0 fully saturated rings. The standard InChI is InChI=1S/C11H12N2/c1-9(2)3-4-10-5-11(6-12)8-13-7-10/h3,5,7-8H,4H2,1-2H3. The zero-order chi connectivity index (χ0) is 9.68. The normalized spacial score (nSPS) is 9.00. The van der Waals surface area contributed by atoms with Crippen LogP contribution >= 0.6 is 0 Å². The first kappa shape index (κ1) is 9.47. The van der Waals surface area contributed by atoms with Crippen molar-refractivity contribution in [3.05, 3.63) is 41.2 Å². The molecule has 0 bridgehead atoms. The van der Waals surface area contributed by atoms with Crippen LogP contribution in [0.15, 0.2) is 30.1 Å². The number of nitriles is 1. The largest absolute Gasteiger partial charge is 0.263 e. The molecule has 1 heterocycles. The molecule has 66 valence electrons. The van der Waals surface area contributed by atoms with Gasteiger partial charge >= 0.3 is 0 Å². The van der Waals surface area contributed by atoms with Crippen molar-refractivity contribution >= 4 is 0 Å². The molecule has 1 aromatic heterocycles. The third kappa shape index (κ3) is 3.08. The van der Waals surface area contributed by atoms with Gasteiger partial charge in [-0.3, -0.25) is 4.98 Å².